The van der Waals surface area contributed by atoms with Gasteiger partial charge in [0.25, 0.3) is 0 Å². The molecule has 0 spiro atoms. The molecule has 1 N–H and O–H groups in total. The highest BCUT2D eigenvalue weighted by Crippen LogP contribution is 2.24. The molecule has 18 heavy (non-hydrogen) atoms. The molecule has 2 aromatic rings. The van der Waals surface area contributed by atoms with Crippen molar-refractivity contribution in [2.45, 2.75) is 39.7 Å². The van der Waals surface area contributed by atoms with Crippen LogP contribution in [-0.4, -0.2) is 15.6 Å². The zero-order chi connectivity index (χ0) is 13.1. The molecule has 1 aromatic heterocycles. The maximum Gasteiger partial charge on any atom is 0.335 e. The number of rotatable bonds is 5. The number of aromatic carboxylic acids is 1. The van der Waals surface area contributed by atoms with Crippen LogP contribution in [-0.2, 0) is 13.0 Å². The van der Waals surface area contributed by atoms with Crippen LogP contribution < -0.4 is 0 Å². The Morgan fingerprint density at radius 1 is 1.33 bits per heavy atom. The summed E-state index contributed by atoms with van der Waals surface area (Å²) in [4.78, 5) is 11.0. The highest BCUT2D eigenvalue weighted by Gasteiger charge is 2.10. The van der Waals surface area contributed by atoms with E-state index in [0.29, 0.717) is 5.56 Å². The highest BCUT2D eigenvalue weighted by atomic mass is 16.4. The molecule has 0 aliphatic rings. The lowest BCUT2D eigenvalue weighted by molar-refractivity contribution is 0.0697. The molecule has 3 nitrogen and oxygen atoms in total. The fourth-order valence-corrected chi connectivity index (χ4v) is 2.30. The number of fused-ring (bicyclic) bond motifs is 1. The van der Waals surface area contributed by atoms with Gasteiger partial charge in [0.2, 0.25) is 0 Å². The van der Waals surface area contributed by atoms with E-state index in [-0.39, 0.29) is 0 Å². The molecule has 96 valence electrons. The van der Waals surface area contributed by atoms with E-state index in [1.807, 2.05) is 6.07 Å². The van der Waals surface area contributed by atoms with E-state index in [1.165, 1.54) is 5.56 Å². The number of carbonyl (C=O) groups is 1. The molecule has 0 fully saturated rings. The van der Waals surface area contributed by atoms with Gasteiger partial charge in [0.15, 0.2) is 0 Å². The summed E-state index contributed by atoms with van der Waals surface area (Å²) in [5.41, 5.74) is 2.74. The third kappa shape index (κ3) is 2.26. The molecule has 0 saturated carbocycles. The van der Waals surface area contributed by atoms with Crippen molar-refractivity contribution in [1.82, 2.24) is 4.57 Å². The molecule has 1 heterocycles. The van der Waals surface area contributed by atoms with Crippen molar-refractivity contribution in [3.05, 3.63) is 35.5 Å². The number of benzene rings is 1. The summed E-state index contributed by atoms with van der Waals surface area (Å²) < 4.78 is 2.24. The van der Waals surface area contributed by atoms with Crippen LogP contribution in [0.25, 0.3) is 10.9 Å². The number of aryl methyl sites for hydroxylation is 2. The molecule has 0 bridgehead atoms. The molecule has 0 radical (unpaired) electrons. The van der Waals surface area contributed by atoms with Crippen LogP contribution in [0.2, 0.25) is 0 Å². The van der Waals surface area contributed by atoms with Gasteiger partial charge >= 0.3 is 5.97 Å². The Labute approximate surface area is 107 Å². The lowest BCUT2D eigenvalue weighted by Gasteiger charge is -2.04. The first-order valence-electron chi connectivity index (χ1n) is 6.52. The lowest BCUT2D eigenvalue weighted by atomic mass is 10.1. The van der Waals surface area contributed by atoms with Crippen LogP contribution >= 0.6 is 0 Å². The second-order valence-corrected chi connectivity index (χ2v) is 4.59. The topological polar surface area (TPSA) is 42.2 Å². The average molecular weight is 245 g/mol. The molecule has 0 amide bonds. The van der Waals surface area contributed by atoms with Gasteiger partial charge in [0, 0.05) is 23.6 Å². The molecule has 0 saturated heterocycles. The van der Waals surface area contributed by atoms with Crippen molar-refractivity contribution in [3.63, 3.8) is 0 Å². The Bertz CT molecular complexity index is 569. The summed E-state index contributed by atoms with van der Waals surface area (Å²) in [6, 6.07) is 5.40. The Morgan fingerprint density at radius 2 is 2.11 bits per heavy atom. The van der Waals surface area contributed by atoms with Crippen LogP contribution in [0.15, 0.2) is 24.4 Å². The molecule has 0 aliphatic carbocycles. The van der Waals surface area contributed by atoms with Crippen molar-refractivity contribution >= 4 is 16.9 Å². The maximum atomic E-state index is 11.0. The van der Waals surface area contributed by atoms with Crippen molar-refractivity contribution in [1.29, 1.82) is 0 Å². The Morgan fingerprint density at radius 3 is 2.72 bits per heavy atom. The number of carboxylic acid groups (broad SMARTS) is 1. The van der Waals surface area contributed by atoms with Crippen molar-refractivity contribution in [3.8, 4) is 0 Å². The summed E-state index contributed by atoms with van der Waals surface area (Å²) in [7, 11) is 0. The van der Waals surface area contributed by atoms with Gasteiger partial charge in [-0.25, -0.2) is 4.79 Å². The predicted octanol–water partition coefficient (Wildman–Crippen LogP) is 3.70. The molecule has 0 aliphatic heterocycles. The number of hydrogen-bond donors (Lipinski definition) is 1. The molecular formula is C15H19NO2. The third-order valence-corrected chi connectivity index (χ3v) is 3.34. The number of hydrogen-bond acceptors (Lipinski definition) is 1. The van der Waals surface area contributed by atoms with Crippen molar-refractivity contribution in [2.75, 3.05) is 0 Å². The molecule has 0 atom stereocenters. The standard InChI is InChI=1S/C15H19NO2/c1-3-5-8-16-10-11(4-2)13-9-12(15(17)18)6-7-14(13)16/h6-7,9-10H,3-5,8H2,1-2H3,(H,17,18). The van der Waals surface area contributed by atoms with Crippen LogP contribution in [0, 0.1) is 0 Å². The fourth-order valence-electron chi connectivity index (χ4n) is 2.30. The first kappa shape index (κ1) is 12.7. The first-order chi connectivity index (χ1) is 8.67. The minimum atomic E-state index is -0.861. The van der Waals surface area contributed by atoms with Gasteiger partial charge < -0.3 is 9.67 Å². The van der Waals surface area contributed by atoms with Gasteiger partial charge in [0.1, 0.15) is 0 Å². The molecule has 1 aromatic carbocycles. The second kappa shape index (κ2) is 5.25. The monoisotopic (exact) mass is 245 g/mol. The van der Waals surface area contributed by atoms with Crippen LogP contribution in [0.3, 0.4) is 0 Å². The number of aromatic nitrogens is 1. The van der Waals surface area contributed by atoms with E-state index in [0.717, 1.165) is 36.7 Å². The average Bonchev–Trinajstić information content (AvgIpc) is 2.73. The van der Waals surface area contributed by atoms with E-state index in [1.54, 1.807) is 12.1 Å². The van der Waals surface area contributed by atoms with E-state index >= 15 is 0 Å². The quantitative estimate of drug-likeness (QED) is 0.872. The maximum absolute atomic E-state index is 11.0. The molecule has 0 unspecified atom stereocenters. The van der Waals surface area contributed by atoms with Gasteiger partial charge in [0.05, 0.1) is 5.56 Å². The third-order valence-electron chi connectivity index (χ3n) is 3.34. The minimum Gasteiger partial charge on any atom is -0.478 e. The van der Waals surface area contributed by atoms with Gasteiger partial charge in [-0.05, 0) is 36.6 Å². The zero-order valence-corrected chi connectivity index (χ0v) is 10.9. The Hall–Kier alpha value is -1.77. The van der Waals surface area contributed by atoms with E-state index < -0.39 is 5.97 Å². The molecular weight excluding hydrogens is 226 g/mol. The zero-order valence-electron chi connectivity index (χ0n) is 10.9. The SMILES string of the molecule is CCCCn1cc(CC)c2cc(C(=O)O)ccc21. The van der Waals surface area contributed by atoms with Crippen LogP contribution in [0.1, 0.15) is 42.6 Å². The van der Waals surface area contributed by atoms with Gasteiger partial charge in [-0.1, -0.05) is 20.3 Å². The van der Waals surface area contributed by atoms with Gasteiger partial charge in [-0.3, -0.25) is 0 Å². The van der Waals surface area contributed by atoms with Crippen molar-refractivity contribution < 1.29 is 9.90 Å². The first-order valence-corrected chi connectivity index (χ1v) is 6.52. The summed E-state index contributed by atoms with van der Waals surface area (Å²) in [5.74, 6) is -0.861. The summed E-state index contributed by atoms with van der Waals surface area (Å²) in [6.07, 6.45) is 5.40. The molecule has 3 heteroatoms. The normalized spacial score (nSPS) is 11.0. The van der Waals surface area contributed by atoms with Gasteiger partial charge in [-0.15, -0.1) is 0 Å². The number of nitrogens with zero attached hydrogens (tertiary/aromatic N) is 1. The lowest BCUT2D eigenvalue weighted by Crippen LogP contribution is -1.97. The Balaban J connectivity index is 2.52. The highest BCUT2D eigenvalue weighted by molar-refractivity contribution is 5.95. The fraction of sp³-hybridized carbons (Fsp3) is 0.400. The van der Waals surface area contributed by atoms with E-state index in [4.69, 9.17) is 5.11 Å². The summed E-state index contributed by atoms with van der Waals surface area (Å²) in [6.45, 7) is 5.28. The van der Waals surface area contributed by atoms with Crippen molar-refractivity contribution in [2.24, 2.45) is 0 Å². The Kier molecular flexibility index (Phi) is 3.70. The predicted molar refractivity (Wildman–Crippen MR) is 73.2 cm³/mol. The van der Waals surface area contributed by atoms with Gasteiger partial charge in [-0.2, -0.15) is 0 Å². The van der Waals surface area contributed by atoms with Crippen LogP contribution in [0.4, 0.5) is 0 Å². The largest absolute Gasteiger partial charge is 0.478 e. The second-order valence-electron chi connectivity index (χ2n) is 4.59. The smallest absolute Gasteiger partial charge is 0.335 e. The summed E-state index contributed by atoms with van der Waals surface area (Å²) in [5, 5.41) is 10.1. The van der Waals surface area contributed by atoms with Crippen LogP contribution in [0.5, 0.6) is 0 Å². The van der Waals surface area contributed by atoms with E-state index in [2.05, 4.69) is 24.6 Å². The molecule has 2 rings (SSSR count). The number of carboxylic acids is 1. The number of unbranched alkanes of at least 4 members (excludes halogenated alkanes) is 1. The summed E-state index contributed by atoms with van der Waals surface area (Å²) >= 11 is 0. The van der Waals surface area contributed by atoms with E-state index in [9.17, 15) is 4.79 Å². The minimum absolute atomic E-state index is 0.366.